The van der Waals surface area contributed by atoms with E-state index in [0.29, 0.717) is 23.2 Å². The van der Waals surface area contributed by atoms with Gasteiger partial charge >= 0.3 is 6.18 Å². The van der Waals surface area contributed by atoms with E-state index in [1.54, 1.807) is 13.0 Å². The van der Waals surface area contributed by atoms with Gasteiger partial charge < -0.3 is 9.84 Å². The van der Waals surface area contributed by atoms with Gasteiger partial charge in [-0.3, -0.25) is 0 Å². The van der Waals surface area contributed by atoms with Crippen molar-refractivity contribution in [2.24, 2.45) is 5.92 Å². The molecule has 124 valence electrons. The molecule has 1 N–H and O–H groups in total. The van der Waals surface area contributed by atoms with Gasteiger partial charge in [-0.25, -0.2) is 0 Å². The lowest BCUT2D eigenvalue weighted by atomic mass is 9.99. The van der Waals surface area contributed by atoms with Crippen LogP contribution in [-0.4, -0.2) is 10.1 Å². The third-order valence-corrected chi connectivity index (χ3v) is 4.03. The van der Waals surface area contributed by atoms with Gasteiger partial charge in [0.2, 0.25) is 5.89 Å². The summed E-state index contributed by atoms with van der Waals surface area (Å²) in [7, 11) is 0. The molecule has 0 unspecified atom stereocenters. The Labute approximate surface area is 132 Å². The predicted molar refractivity (Wildman–Crippen MR) is 77.5 cm³/mol. The Morgan fingerprint density at radius 2 is 2.04 bits per heavy atom. The van der Waals surface area contributed by atoms with Crippen LogP contribution in [0.25, 0.3) is 0 Å². The standard InChI is InChI=1S/C16H18F3N3O/c1-9(15-21-10(2)23-22-15)20-14(11-6-7-11)12-4-3-5-13(8-12)16(17,18)19/h3-5,8-9,11,14,20H,6-7H2,1-2H3/t9-,14-/m1/s1. The molecule has 0 saturated heterocycles. The van der Waals surface area contributed by atoms with E-state index in [4.69, 9.17) is 4.52 Å². The Morgan fingerprint density at radius 1 is 1.30 bits per heavy atom. The molecule has 0 radical (unpaired) electrons. The molecule has 1 heterocycles. The molecule has 1 aromatic heterocycles. The first-order valence-corrected chi connectivity index (χ1v) is 7.58. The van der Waals surface area contributed by atoms with Gasteiger partial charge in [0.1, 0.15) is 0 Å². The maximum absolute atomic E-state index is 12.9. The zero-order valence-electron chi connectivity index (χ0n) is 12.9. The van der Waals surface area contributed by atoms with E-state index in [0.717, 1.165) is 18.9 Å². The van der Waals surface area contributed by atoms with Crippen molar-refractivity contribution in [2.45, 2.75) is 44.9 Å². The molecule has 1 fully saturated rings. The molecule has 1 aromatic carbocycles. The van der Waals surface area contributed by atoms with Gasteiger partial charge in [-0.2, -0.15) is 18.2 Å². The molecule has 0 aliphatic heterocycles. The van der Waals surface area contributed by atoms with Crippen molar-refractivity contribution in [3.63, 3.8) is 0 Å². The molecular formula is C16H18F3N3O. The zero-order chi connectivity index (χ0) is 16.6. The topological polar surface area (TPSA) is 51.0 Å². The van der Waals surface area contributed by atoms with Crippen LogP contribution >= 0.6 is 0 Å². The quantitative estimate of drug-likeness (QED) is 0.895. The summed E-state index contributed by atoms with van der Waals surface area (Å²) in [5.41, 5.74) is 0.0277. The molecule has 1 saturated carbocycles. The Hall–Kier alpha value is -1.89. The summed E-state index contributed by atoms with van der Waals surface area (Å²) in [5, 5.41) is 7.22. The van der Waals surface area contributed by atoms with E-state index in [1.165, 1.54) is 12.1 Å². The fourth-order valence-corrected chi connectivity index (χ4v) is 2.68. The Kier molecular flexibility index (Phi) is 4.14. The van der Waals surface area contributed by atoms with E-state index in [2.05, 4.69) is 15.5 Å². The van der Waals surface area contributed by atoms with Crippen LogP contribution < -0.4 is 5.32 Å². The van der Waals surface area contributed by atoms with Crippen molar-refractivity contribution in [3.05, 3.63) is 47.1 Å². The summed E-state index contributed by atoms with van der Waals surface area (Å²) in [6.45, 7) is 3.58. The van der Waals surface area contributed by atoms with Crippen molar-refractivity contribution in [2.75, 3.05) is 0 Å². The third-order valence-electron chi connectivity index (χ3n) is 4.03. The molecule has 0 spiro atoms. The largest absolute Gasteiger partial charge is 0.416 e. The molecule has 1 aliphatic carbocycles. The maximum atomic E-state index is 12.9. The number of nitrogens with one attached hydrogen (secondary N) is 1. The van der Waals surface area contributed by atoms with Crippen molar-refractivity contribution < 1.29 is 17.7 Å². The maximum Gasteiger partial charge on any atom is 0.416 e. The summed E-state index contributed by atoms with van der Waals surface area (Å²) < 4.78 is 43.7. The van der Waals surface area contributed by atoms with Gasteiger partial charge in [-0.05, 0) is 43.4 Å². The lowest BCUT2D eigenvalue weighted by Gasteiger charge is -2.23. The van der Waals surface area contributed by atoms with Crippen LogP contribution in [0.4, 0.5) is 13.2 Å². The van der Waals surface area contributed by atoms with Crippen molar-refractivity contribution in [3.8, 4) is 0 Å². The third kappa shape index (κ3) is 3.72. The van der Waals surface area contributed by atoms with Gasteiger partial charge in [0.15, 0.2) is 5.82 Å². The van der Waals surface area contributed by atoms with E-state index in [9.17, 15) is 13.2 Å². The Bertz CT molecular complexity index is 679. The van der Waals surface area contributed by atoms with Crippen LogP contribution in [0.1, 0.15) is 54.7 Å². The predicted octanol–water partition coefficient (Wildman–Crippen LogP) is 4.20. The van der Waals surface area contributed by atoms with Gasteiger partial charge in [0, 0.05) is 13.0 Å². The molecule has 0 amide bonds. The van der Waals surface area contributed by atoms with Crippen LogP contribution in [0.15, 0.2) is 28.8 Å². The van der Waals surface area contributed by atoms with Crippen LogP contribution in [0.3, 0.4) is 0 Å². The highest BCUT2D eigenvalue weighted by atomic mass is 19.4. The molecule has 4 nitrogen and oxygen atoms in total. The molecule has 2 aromatic rings. The fraction of sp³-hybridized carbons (Fsp3) is 0.500. The highest BCUT2D eigenvalue weighted by Gasteiger charge is 2.36. The number of hydrogen-bond acceptors (Lipinski definition) is 4. The number of aryl methyl sites for hydroxylation is 1. The monoisotopic (exact) mass is 325 g/mol. The summed E-state index contributed by atoms with van der Waals surface area (Å²) >= 11 is 0. The van der Waals surface area contributed by atoms with Crippen molar-refractivity contribution in [1.82, 2.24) is 15.5 Å². The molecule has 7 heteroatoms. The summed E-state index contributed by atoms with van der Waals surface area (Å²) in [5.74, 6) is 1.32. The van der Waals surface area contributed by atoms with E-state index < -0.39 is 11.7 Å². The van der Waals surface area contributed by atoms with Crippen molar-refractivity contribution >= 4 is 0 Å². The molecule has 2 atom stereocenters. The summed E-state index contributed by atoms with van der Waals surface area (Å²) in [6.07, 6.45) is -2.32. The molecule has 1 aliphatic rings. The number of aromatic nitrogens is 2. The summed E-state index contributed by atoms with van der Waals surface area (Å²) in [4.78, 5) is 4.17. The lowest BCUT2D eigenvalue weighted by molar-refractivity contribution is -0.137. The van der Waals surface area contributed by atoms with E-state index in [-0.39, 0.29) is 12.1 Å². The first-order valence-electron chi connectivity index (χ1n) is 7.58. The second-order valence-corrected chi connectivity index (χ2v) is 6.00. The molecule has 23 heavy (non-hydrogen) atoms. The number of rotatable bonds is 5. The second-order valence-electron chi connectivity index (χ2n) is 6.00. The first-order chi connectivity index (χ1) is 10.8. The van der Waals surface area contributed by atoms with Crippen LogP contribution in [0.2, 0.25) is 0 Å². The van der Waals surface area contributed by atoms with Crippen LogP contribution in [0.5, 0.6) is 0 Å². The minimum absolute atomic E-state index is 0.147. The average molecular weight is 325 g/mol. The van der Waals surface area contributed by atoms with Crippen LogP contribution in [-0.2, 0) is 6.18 Å². The number of nitrogens with zero attached hydrogens (tertiary/aromatic N) is 2. The van der Waals surface area contributed by atoms with Gasteiger partial charge in [-0.1, -0.05) is 17.3 Å². The zero-order valence-corrected chi connectivity index (χ0v) is 12.9. The minimum Gasteiger partial charge on any atom is -0.340 e. The lowest BCUT2D eigenvalue weighted by Crippen LogP contribution is -2.27. The van der Waals surface area contributed by atoms with E-state index >= 15 is 0 Å². The smallest absolute Gasteiger partial charge is 0.340 e. The van der Waals surface area contributed by atoms with Crippen molar-refractivity contribution in [1.29, 1.82) is 0 Å². The first kappa shape index (κ1) is 16.0. The second kappa shape index (κ2) is 5.96. The highest BCUT2D eigenvalue weighted by molar-refractivity contribution is 5.29. The number of benzene rings is 1. The summed E-state index contributed by atoms with van der Waals surface area (Å²) in [6, 6.07) is 5.17. The van der Waals surface area contributed by atoms with Gasteiger partial charge in [-0.15, -0.1) is 0 Å². The van der Waals surface area contributed by atoms with Crippen LogP contribution in [0, 0.1) is 12.8 Å². The molecule has 3 rings (SSSR count). The number of halogens is 3. The Balaban J connectivity index is 1.82. The highest BCUT2D eigenvalue weighted by Crippen LogP contribution is 2.43. The Morgan fingerprint density at radius 3 is 2.61 bits per heavy atom. The molecule has 0 bridgehead atoms. The fourth-order valence-electron chi connectivity index (χ4n) is 2.68. The minimum atomic E-state index is -4.33. The SMILES string of the molecule is Cc1nc([C@@H](C)N[C@@H](c2cccc(C(F)(F)F)c2)C2CC2)no1. The van der Waals surface area contributed by atoms with E-state index in [1.807, 2.05) is 6.92 Å². The van der Waals surface area contributed by atoms with Gasteiger partial charge in [0.25, 0.3) is 0 Å². The number of alkyl halides is 3. The number of hydrogen-bond donors (Lipinski definition) is 1. The normalized spacial score (nSPS) is 18.0. The average Bonchev–Trinajstić information content (AvgIpc) is 3.24. The molecular weight excluding hydrogens is 307 g/mol. The van der Waals surface area contributed by atoms with Gasteiger partial charge in [0.05, 0.1) is 11.6 Å².